The second kappa shape index (κ2) is 5.02. The summed E-state index contributed by atoms with van der Waals surface area (Å²) in [6.07, 6.45) is 5.06. The fourth-order valence-electron chi connectivity index (χ4n) is 2.82. The van der Waals surface area contributed by atoms with Gasteiger partial charge >= 0.3 is 0 Å². The molecular weight excluding hydrogens is 224 g/mol. The third-order valence-electron chi connectivity index (χ3n) is 3.75. The number of fused-ring (bicyclic) bond motifs is 1. The van der Waals surface area contributed by atoms with E-state index in [1.807, 2.05) is 0 Å². The van der Waals surface area contributed by atoms with Crippen LogP contribution < -0.4 is 5.32 Å². The second-order valence-electron chi connectivity index (χ2n) is 5.18. The predicted molar refractivity (Wildman–Crippen MR) is 65.3 cm³/mol. The van der Waals surface area contributed by atoms with Gasteiger partial charge in [-0.1, -0.05) is 0 Å². The van der Waals surface area contributed by atoms with Gasteiger partial charge in [0.05, 0.1) is 5.75 Å². The maximum atomic E-state index is 11.1. The number of nitrogens with zero attached hydrogens (tertiary/aromatic N) is 1. The van der Waals surface area contributed by atoms with Gasteiger partial charge in [-0.2, -0.15) is 0 Å². The Balaban J connectivity index is 1.81. The van der Waals surface area contributed by atoms with Gasteiger partial charge in [-0.15, -0.1) is 0 Å². The van der Waals surface area contributed by atoms with E-state index in [0.717, 1.165) is 25.6 Å². The number of hydrogen-bond donors (Lipinski definition) is 1. The van der Waals surface area contributed by atoms with Crippen molar-refractivity contribution >= 4 is 9.84 Å². The normalized spacial score (nSPS) is 32.3. The molecule has 0 aromatic carbocycles. The lowest BCUT2D eigenvalue weighted by Gasteiger charge is -2.41. The van der Waals surface area contributed by atoms with Crippen LogP contribution in [-0.4, -0.2) is 57.5 Å². The first kappa shape index (κ1) is 12.3. The van der Waals surface area contributed by atoms with Gasteiger partial charge in [0.1, 0.15) is 9.84 Å². The number of piperidine rings is 2. The lowest BCUT2D eigenvalue weighted by Crippen LogP contribution is -2.52. The van der Waals surface area contributed by atoms with E-state index >= 15 is 0 Å². The third kappa shape index (κ3) is 3.43. The number of sulfone groups is 1. The number of likely N-dealkylation sites (tertiary alicyclic amines) is 1. The maximum Gasteiger partial charge on any atom is 0.148 e. The SMILES string of the molecule is CS(=O)(=O)CCN1CCC2NCCCC2C1. The quantitative estimate of drug-likeness (QED) is 0.767. The maximum absolute atomic E-state index is 11.1. The number of rotatable bonds is 3. The molecule has 0 spiro atoms. The molecule has 0 amide bonds. The van der Waals surface area contributed by atoms with Crippen LogP contribution in [0.4, 0.5) is 0 Å². The minimum atomic E-state index is -2.81. The zero-order valence-corrected chi connectivity index (χ0v) is 10.8. The number of hydrogen-bond acceptors (Lipinski definition) is 4. The molecule has 4 nitrogen and oxygen atoms in total. The summed E-state index contributed by atoms with van der Waals surface area (Å²) in [5.41, 5.74) is 0. The first-order valence-electron chi connectivity index (χ1n) is 6.18. The smallest absolute Gasteiger partial charge is 0.148 e. The van der Waals surface area contributed by atoms with Crippen LogP contribution >= 0.6 is 0 Å². The van der Waals surface area contributed by atoms with Gasteiger partial charge in [0.15, 0.2) is 0 Å². The first-order valence-corrected chi connectivity index (χ1v) is 8.24. The summed E-state index contributed by atoms with van der Waals surface area (Å²) in [6, 6.07) is 0.684. The fourth-order valence-corrected chi connectivity index (χ4v) is 3.41. The molecule has 0 saturated carbocycles. The lowest BCUT2D eigenvalue weighted by molar-refractivity contribution is 0.119. The Hall–Kier alpha value is -0.130. The van der Waals surface area contributed by atoms with Crippen LogP contribution in [0.5, 0.6) is 0 Å². The molecule has 16 heavy (non-hydrogen) atoms. The minimum Gasteiger partial charge on any atom is -0.314 e. The van der Waals surface area contributed by atoms with Crippen LogP contribution in [0.2, 0.25) is 0 Å². The van der Waals surface area contributed by atoms with Gasteiger partial charge in [0.2, 0.25) is 0 Å². The van der Waals surface area contributed by atoms with Crippen molar-refractivity contribution in [2.45, 2.75) is 25.3 Å². The molecule has 2 atom stereocenters. The van der Waals surface area contributed by atoms with Crippen molar-refractivity contribution in [2.75, 3.05) is 38.2 Å². The van der Waals surface area contributed by atoms with Crippen molar-refractivity contribution in [1.29, 1.82) is 0 Å². The van der Waals surface area contributed by atoms with Gasteiger partial charge in [-0.05, 0) is 38.3 Å². The predicted octanol–water partition coefficient (Wildman–Crippen LogP) is 0.105. The first-order chi connectivity index (χ1) is 7.54. The molecule has 1 N–H and O–H groups in total. The van der Waals surface area contributed by atoms with Crippen molar-refractivity contribution in [1.82, 2.24) is 10.2 Å². The Morgan fingerprint density at radius 3 is 2.94 bits per heavy atom. The summed E-state index contributed by atoms with van der Waals surface area (Å²) in [6.45, 7) is 3.99. The highest BCUT2D eigenvalue weighted by atomic mass is 32.2. The van der Waals surface area contributed by atoms with Crippen molar-refractivity contribution in [3.05, 3.63) is 0 Å². The van der Waals surface area contributed by atoms with E-state index in [0.29, 0.717) is 18.3 Å². The topological polar surface area (TPSA) is 49.4 Å². The van der Waals surface area contributed by atoms with Gasteiger partial charge in [-0.25, -0.2) is 8.42 Å². The van der Waals surface area contributed by atoms with E-state index in [1.165, 1.54) is 25.5 Å². The molecule has 0 bridgehead atoms. The van der Waals surface area contributed by atoms with Crippen molar-refractivity contribution in [3.8, 4) is 0 Å². The Morgan fingerprint density at radius 2 is 2.19 bits per heavy atom. The molecular formula is C11H22N2O2S. The molecule has 2 unspecified atom stereocenters. The zero-order valence-electron chi connectivity index (χ0n) is 9.98. The fraction of sp³-hybridized carbons (Fsp3) is 1.00. The van der Waals surface area contributed by atoms with Crippen molar-refractivity contribution in [3.63, 3.8) is 0 Å². The van der Waals surface area contributed by atoms with E-state index < -0.39 is 9.84 Å². The molecule has 5 heteroatoms. The molecule has 2 aliphatic heterocycles. The van der Waals surface area contributed by atoms with Crippen LogP contribution in [0.15, 0.2) is 0 Å². The molecule has 2 rings (SSSR count). The van der Waals surface area contributed by atoms with E-state index in [1.54, 1.807) is 0 Å². The molecule has 0 aromatic heterocycles. The summed E-state index contributed by atoms with van der Waals surface area (Å²) in [5.74, 6) is 1.04. The van der Waals surface area contributed by atoms with Crippen LogP contribution in [0, 0.1) is 5.92 Å². The van der Waals surface area contributed by atoms with Crippen LogP contribution in [0.1, 0.15) is 19.3 Å². The Morgan fingerprint density at radius 1 is 1.38 bits per heavy atom. The van der Waals surface area contributed by atoms with Crippen molar-refractivity contribution < 1.29 is 8.42 Å². The van der Waals surface area contributed by atoms with Gasteiger partial charge in [0, 0.05) is 25.4 Å². The van der Waals surface area contributed by atoms with E-state index in [4.69, 9.17) is 0 Å². The average molecular weight is 246 g/mol. The third-order valence-corrected chi connectivity index (χ3v) is 4.68. The van der Waals surface area contributed by atoms with Gasteiger partial charge < -0.3 is 10.2 Å². The molecule has 0 aromatic rings. The minimum absolute atomic E-state index is 0.303. The Kier molecular flexibility index (Phi) is 3.87. The average Bonchev–Trinajstić information content (AvgIpc) is 2.25. The van der Waals surface area contributed by atoms with Crippen molar-refractivity contribution in [2.24, 2.45) is 5.92 Å². The molecule has 2 saturated heterocycles. The van der Waals surface area contributed by atoms with Gasteiger partial charge in [0.25, 0.3) is 0 Å². The molecule has 0 aliphatic carbocycles. The van der Waals surface area contributed by atoms with Gasteiger partial charge in [-0.3, -0.25) is 0 Å². The highest BCUT2D eigenvalue weighted by Crippen LogP contribution is 2.24. The van der Waals surface area contributed by atoms with Crippen LogP contribution in [-0.2, 0) is 9.84 Å². The summed E-state index contributed by atoms with van der Waals surface area (Å²) in [5, 5.41) is 3.57. The van der Waals surface area contributed by atoms with E-state index in [2.05, 4.69) is 10.2 Å². The summed E-state index contributed by atoms with van der Waals surface area (Å²) < 4.78 is 22.2. The summed E-state index contributed by atoms with van der Waals surface area (Å²) >= 11 is 0. The Labute approximate surface area is 98.3 Å². The molecule has 2 fully saturated rings. The second-order valence-corrected chi connectivity index (χ2v) is 7.44. The summed E-state index contributed by atoms with van der Waals surface area (Å²) in [4.78, 5) is 2.31. The van der Waals surface area contributed by atoms with E-state index in [-0.39, 0.29) is 0 Å². The highest BCUT2D eigenvalue weighted by Gasteiger charge is 2.30. The standard InChI is InChI=1S/C11H22N2O2S/c1-16(14,15)8-7-13-6-4-11-10(9-13)3-2-5-12-11/h10-12H,2-9H2,1H3. The molecule has 2 heterocycles. The zero-order chi connectivity index (χ0) is 11.6. The van der Waals surface area contributed by atoms with Crippen LogP contribution in [0.3, 0.4) is 0 Å². The molecule has 0 radical (unpaired) electrons. The lowest BCUT2D eigenvalue weighted by atomic mass is 9.85. The Bertz CT molecular complexity index is 329. The molecule has 94 valence electrons. The highest BCUT2D eigenvalue weighted by molar-refractivity contribution is 7.90. The number of nitrogens with one attached hydrogen (secondary N) is 1. The van der Waals surface area contributed by atoms with E-state index in [9.17, 15) is 8.42 Å². The molecule has 2 aliphatic rings. The largest absolute Gasteiger partial charge is 0.314 e. The van der Waals surface area contributed by atoms with Crippen LogP contribution in [0.25, 0.3) is 0 Å². The summed E-state index contributed by atoms with van der Waals surface area (Å²) in [7, 11) is -2.81. The monoisotopic (exact) mass is 246 g/mol.